The third-order valence-electron chi connectivity index (χ3n) is 5.80. The van der Waals surface area contributed by atoms with Crippen molar-refractivity contribution in [1.29, 1.82) is 0 Å². The van der Waals surface area contributed by atoms with Crippen LogP contribution in [-0.2, 0) is 14.8 Å². The second-order valence-corrected chi connectivity index (χ2v) is 10.2. The maximum atomic E-state index is 13.2. The fourth-order valence-electron chi connectivity index (χ4n) is 4.11. The molecule has 12 heteroatoms. The Hall–Kier alpha value is -4.22. The van der Waals surface area contributed by atoms with Crippen LogP contribution < -0.4 is 4.74 Å². The van der Waals surface area contributed by atoms with Crippen LogP contribution in [0.4, 0.5) is 8.78 Å². The number of nitrogens with zero attached hydrogens (tertiary/aromatic N) is 2. The SMILES string of the molecule is COC(=O)c1cc(-c2ccnc3c2ccn3S(=O)(=O)c2ccccc2)[nH]c1-c1ccc(OC(F)F)cc1Cl. The highest BCUT2D eigenvalue weighted by Crippen LogP contribution is 2.37. The largest absolute Gasteiger partial charge is 0.465 e. The monoisotopic (exact) mass is 557 g/mol. The fraction of sp³-hybridized carbons (Fsp3) is 0.0769. The van der Waals surface area contributed by atoms with Gasteiger partial charge >= 0.3 is 12.6 Å². The molecule has 1 N–H and O–H groups in total. The van der Waals surface area contributed by atoms with Gasteiger partial charge in [-0.2, -0.15) is 8.78 Å². The summed E-state index contributed by atoms with van der Waals surface area (Å²) in [6, 6.07) is 16.7. The number of H-pyrrole nitrogens is 1. The lowest BCUT2D eigenvalue weighted by Gasteiger charge is -2.09. The Morgan fingerprint density at radius 2 is 1.82 bits per heavy atom. The minimum absolute atomic E-state index is 0.0571. The highest BCUT2D eigenvalue weighted by Gasteiger charge is 2.24. The predicted octanol–water partition coefficient (Wildman–Crippen LogP) is 5.98. The van der Waals surface area contributed by atoms with Gasteiger partial charge in [-0.1, -0.05) is 29.8 Å². The Morgan fingerprint density at radius 1 is 1.05 bits per heavy atom. The van der Waals surface area contributed by atoms with E-state index in [-0.39, 0.29) is 32.6 Å². The Labute approximate surface area is 220 Å². The van der Waals surface area contributed by atoms with Gasteiger partial charge in [0.1, 0.15) is 5.75 Å². The van der Waals surface area contributed by atoms with Crippen LogP contribution in [0.2, 0.25) is 5.02 Å². The highest BCUT2D eigenvalue weighted by atomic mass is 35.5. The second-order valence-electron chi connectivity index (χ2n) is 8.01. The number of pyridine rings is 1. The first kappa shape index (κ1) is 25.4. The average Bonchev–Trinajstić information content (AvgIpc) is 3.54. The zero-order chi connectivity index (χ0) is 27.0. The molecule has 8 nitrogen and oxygen atoms in total. The molecular weight excluding hydrogens is 540 g/mol. The second kappa shape index (κ2) is 9.92. The Balaban J connectivity index is 1.64. The number of hydrogen-bond acceptors (Lipinski definition) is 6. The number of alkyl halides is 2. The van der Waals surface area contributed by atoms with E-state index in [1.54, 1.807) is 36.4 Å². The van der Waals surface area contributed by atoms with E-state index in [4.69, 9.17) is 16.3 Å². The third kappa shape index (κ3) is 4.50. The standard InChI is InChI=1S/C26H18ClF2N3O5S/c1-36-25(33)20-14-22(31-23(20)19-8-7-15(13-21(19)27)37-26(28)29)17-9-11-30-24-18(17)10-12-32(24)38(34,35)16-5-3-2-4-6-16/h2-14,26,31H,1H3. The molecule has 38 heavy (non-hydrogen) atoms. The molecule has 0 atom stereocenters. The average molecular weight is 558 g/mol. The fourth-order valence-corrected chi connectivity index (χ4v) is 5.70. The van der Waals surface area contributed by atoms with Gasteiger partial charge in [0.05, 0.1) is 28.3 Å². The first-order chi connectivity index (χ1) is 18.2. The van der Waals surface area contributed by atoms with E-state index in [9.17, 15) is 22.0 Å². The van der Waals surface area contributed by atoms with Crippen molar-refractivity contribution in [3.8, 4) is 28.3 Å². The molecule has 0 aliphatic carbocycles. The third-order valence-corrected chi connectivity index (χ3v) is 7.80. The van der Waals surface area contributed by atoms with E-state index in [0.717, 1.165) is 3.97 Å². The minimum atomic E-state index is -3.92. The number of methoxy groups -OCH3 is 1. The van der Waals surface area contributed by atoms with Gasteiger partial charge in [0.25, 0.3) is 10.0 Å². The predicted molar refractivity (Wildman–Crippen MR) is 137 cm³/mol. The summed E-state index contributed by atoms with van der Waals surface area (Å²) >= 11 is 6.35. The van der Waals surface area contributed by atoms with Crippen molar-refractivity contribution in [3.63, 3.8) is 0 Å². The van der Waals surface area contributed by atoms with Crippen LogP contribution in [-0.4, -0.2) is 42.0 Å². The van der Waals surface area contributed by atoms with Crippen molar-refractivity contribution in [2.45, 2.75) is 11.5 Å². The zero-order valence-electron chi connectivity index (χ0n) is 19.6. The molecule has 2 aromatic carbocycles. The number of hydrogen-bond donors (Lipinski definition) is 1. The van der Waals surface area contributed by atoms with E-state index in [0.29, 0.717) is 22.2 Å². The Bertz CT molecular complexity index is 1770. The molecular formula is C26H18ClF2N3O5S. The lowest BCUT2D eigenvalue weighted by atomic mass is 10.1. The molecule has 5 aromatic rings. The van der Waals surface area contributed by atoms with Crippen molar-refractivity contribution in [1.82, 2.24) is 13.9 Å². The Morgan fingerprint density at radius 3 is 2.50 bits per heavy atom. The van der Waals surface area contributed by atoms with Crippen LogP contribution in [0.5, 0.6) is 5.75 Å². The first-order valence-electron chi connectivity index (χ1n) is 11.0. The lowest BCUT2D eigenvalue weighted by molar-refractivity contribution is -0.0498. The van der Waals surface area contributed by atoms with Crippen LogP contribution in [0.3, 0.4) is 0 Å². The highest BCUT2D eigenvalue weighted by molar-refractivity contribution is 7.90. The molecule has 0 amide bonds. The van der Waals surface area contributed by atoms with Crippen molar-refractivity contribution < 1.29 is 31.5 Å². The lowest BCUT2D eigenvalue weighted by Crippen LogP contribution is -2.12. The summed E-state index contributed by atoms with van der Waals surface area (Å²) < 4.78 is 62.1. The number of halogens is 3. The smallest absolute Gasteiger partial charge is 0.387 e. The topological polar surface area (TPSA) is 103 Å². The van der Waals surface area contributed by atoms with Crippen molar-refractivity contribution in [3.05, 3.63) is 89.7 Å². The van der Waals surface area contributed by atoms with Gasteiger partial charge in [-0.15, -0.1) is 0 Å². The minimum Gasteiger partial charge on any atom is -0.465 e. The van der Waals surface area contributed by atoms with E-state index in [2.05, 4.69) is 14.7 Å². The van der Waals surface area contributed by atoms with E-state index < -0.39 is 22.6 Å². The number of aromatic amines is 1. The molecule has 0 saturated carbocycles. The van der Waals surface area contributed by atoms with E-state index in [1.165, 1.54) is 49.8 Å². The summed E-state index contributed by atoms with van der Waals surface area (Å²) in [6.45, 7) is -3.02. The number of fused-ring (bicyclic) bond motifs is 1. The molecule has 194 valence electrons. The van der Waals surface area contributed by atoms with Gasteiger partial charge in [0.2, 0.25) is 0 Å². The maximum Gasteiger partial charge on any atom is 0.387 e. The van der Waals surface area contributed by atoms with Crippen molar-refractivity contribution >= 4 is 38.6 Å². The van der Waals surface area contributed by atoms with Crippen LogP contribution in [0, 0.1) is 0 Å². The summed E-state index contributed by atoms with van der Waals surface area (Å²) in [5.74, 6) is -0.807. The van der Waals surface area contributed by atoms with Crippen LogP contribution in [0.15, 0.2) is 84.0 Å². The number of rotatable bonds is 7. The molecule has 0 fully saturated rings. The molecule has 3 heterocycles. The van der Waals surface area contributed by atoms with Crippen LogP contribution in [0.1, 0.15) is 10.4 Å². The van der Waals surface area contributed by atoms with Crippen molar-refractivity contribution in [2.24, 2.45) is 0 Å². The molecule has 0 radical (unpaired) electrons. The quantitative estimate of drug-likeness (QED) is 0.247. The summed E-state index contributed by atoms with van der Waals surface area (Å²) in [5, 5.41) is 0.560. The van der Waals surface area contributed by atoms with Gasteiger partial charge in [0.15, 0.2) is 5.65 Å². The zero-order valence-corrected chi connectivity index (χ0v) is 21.1. The number of benzene rings is 2. The molecule has 0 aliphatic heterocycles. The number of carbonyl (C=O) groups excluding carboxylic acids is 1. The molecule has 5 rings (SSSR count). The molecule has 3 aromatic heterocycles. The number of esters is 1. The first-order valence-corrected chi connectivity index (χ1v) is 12.9. The van der Waals surface area contributed by atoms with Crippen molar-refractivity contribution in [2.75, 3.05) is 7.11 Å². The van der Waals surface area contributed by atoms with Gasteiger partial charge in [-0.05, 0) is 48.5 Å². The molecule has 0 saturated heterocycles. The van der Waals surface area contributed by atoms with Crippen LogP contribution >= 0.6 is 11.6 Å². The van der Waals surface area contributed by atoms with E-state index >= 15 is 0 Å². The molecule has 0 aliphatic rings. The van der Waals surface area contributed by atoms with Crippen LogP contribution in [0.25, 0.3) is 33.5 Å². The normalized spacial score (nSPS) is 11.7. The summed E-state index contributed by atoms with van der Waals surface area (Å²) in [4.78, 5) is 20.2. The van der Waals surface area contributed by atoms with Gasteiger partial charge in [0, 0.05) is 34.6 Å². The number of carbonyl (C=O) groups is 1. The van der Waals surface area contributed by atoms with Gasteiger partial charge in [-0.25, -0.2) is 22.2 Å². The van der Waals surface area contributed by atoms with Gasteiger partial charge in [-0.3, -0.25) is 0 Å². The summed E-state index contributed by atoms with van der Waals surface area (Å²) in [5.41, 5.74) is 1.95. The Kier molecular flexibility index (Phi) is 6.64. The summed E-state index contributed by atoms with van der Waals surface area (Å²) in [6.07, 6.45) is 2.86. The maximum absolute atomic E-state index is 13.2. The van der Waals surface area contributed by atoms with Gasteiger partial charge < -0.3 is 14.5 Å². The number of ether oxygens (including phenoxy) is 2. The summed E-state index contributed by atoms with van der Waals surface area (Å²) in [7, 11) is -2.69. The number of nitrogens with one attached hydrogen (secondary N) is 1. The number of aromatic nitrogens is 3. The molecule has 0 unspecified atom stereocenters. The molecule has 0 spiro atoms. The molecule has 0 bridgehead atoms. The van der Waals surface area contributed by atoms with E-state index in [1.807, 2.05) is 0 Å².